The van der Waals surface area contributed by atoms with Gasteiger partial charge in [-0.2, -0.15) is 0 Å². The first-order chi connectivity index (χ1) is 11.1. The van der Waals surface area contributed by atoms with E-state index in [9.17, 15) is 9.18 Å². The van der Waals surface area contributed by atoms with Crippen molar-refractivity contribution in [2.24, 2.45) is 4.99 Å². The predicted molar refractivity (Wildman–Crippen MR) is 85.5 cm³/mol. The maximum absolute atomic E-state index is 13.7. The number of aliphatic imine (C=N–C) groups is 1. The lowest BCUT2D eigenvalue weighted by Gasteiger charge is -2.13. The van der Waals surface area contributed by atoms with Crippen molar-refractivity contribution in [3.63, 3.8) is 0 Å². The van der Waals surface area contributed by atoms with Crippen LogP contribution in [0.15, 0.2) is 53.7 Å². The summed E-state index contributed by atoms with van der Waals surface area (Å²) < 4.78 is 19.1. The minimum Gasteiger partial charge on any atom is -0.462 e. The van der Waals surface area contributed by atoms with E-state index in [-0.39, 0.29) is 24.2 Å². The summed E-state index contributed by atoms with van der Waals surface area (Å²) in [6.45, 7) is 3.87. The van der Waals surface area contributed by atoms with Crippen molar-refractivity contribution in [1.29, 1.82) is 0 Å². The number of amidine groups is 1. The number of pyridine rings is 1. The van der Waals surface area contributed by atoms with Gasteiger partial charge in [0.15, 0.2) is 0 Å². The first-order valence-electron chi connectivity index (χ1n) is 7.23. The summed E-state index contributed by atoms with van der Waals surface area (Å²) >= 11 is 0. The molecule has 6 heteroatoms. The molecule has 2 rings (SSSR count). The molecular formula is C17H18FN3O2. The van der Waals surface area contributed by atoms with Crippen LogP contribution in [0.4, 0.5) is 4.39 Å². The summed E-state index contributed by atoms with van der Waals surface area (Å²) in [6, 6.07) is 11.2. The highest BCUT2D eigenvalue weighted by Crippen LogP contribution is 2.06. The Morgan fingerprint density at radius 1 is 1.26 bits per heavy atom. The summed E-state index contributed by atoms with van der Waals surface area (Å²) in [5.74, 6) is -1.21. The summed E-state index contributed by atoms with van der Waals surface area (Å²) in [4.78, 5) is 20.5. The van der Waals surface area contributed by atoms with Gasteiger partial charge in [0.05, 0.1) is 23.9 Å². The lowest BCUT2D eigenvalue weighted by molar-refractivity contribution is 0.0955. The zero-order valence-electron chi connectivity index (χ0n) is 13.0. The van der Waals surface area contributed by atoms with E-state index in [1.807, 2.05) is 26.0 Å². The Labute approximate surface area is 134 Å². The van der Waals surface area contributed by atoms with E-state index in [4.69, 9.17) is 4.74 Å². The van der Waals surface area contributed by atoms with Crippen LogP contribution in [0.2, 0.25) is 0 Å². The number of hydrogen-bond acceptors (Lipinski definition) is 4. The highest BCUT2D eigenvalue weighted by Gasteiger charge is 2.14. The molecule has 0 atom stereocenters. The number of carbonyl (C=O) groups is 1. The van der Waals surface area contributed by atoms with Crippen molar-refractivity contribution in [3.05, 3.63) is 65.7 Å². The van der Waals surface area contributed by atoms with Gasteiger partial charge >= 0.3 is 0 Å². The Morgan fingerprint density at radius 2 is 2.00 bits per heavy atom. The van der Waals surface area contributed by atoms with Crippen molar-refractivity contribution in [1.82, 2.24) is 10.3 Å². The van der Waals surface area contributed by atoms with Crippen LogP contribution in [0.25, 0.3) is 0 Å². The van der Waals surface area contributed by atoms with Gasteiger partial charge in [-0.15, -0.1) is 0 Å². The largest absolute Gasteiger partial charge is 0.462 e. The van der Waals surface area contributed by atoms with E-state index in [0.717, 1.165) is 5.69 Å². The number of ether oxygens (including phenoxy) is 1. The number of aromatic nitrogens is 1. The minimum atomic E-state index is -0.608. The van der Waals surface area contributed by atoms with Crippen LogP contribution in [0.5, 0.6) is 0 Å². The second-order valence-electron chi connectivity index (χ2n) is 5.04. The van der Waals surface area contributed by atoms with Crippen molar-refractivity contribution in [2.45, 2.75) is 26.5 Å². The van der Waals surface area contributed by atoms with Crippen molar-refractivity contribution in [2.75, 3.05) is 0 Å². The molecule has 0 bridgehead atoms. The SMILES string of the molecule is CC(C)OC(=NCc1ccccn1)NC(=O)c1ccccc1F. The molecule has 1 N–H and O–H groups in total. The summed E-state index contributed by atoms with van der Waals surface area (Å²) in [7, 11) is 0. The van der Waals surface area contributed by atoms with Crippen LogP contribution in [0, 0.1) is 5.82 Å². The fourth-order valence-corrected chi connectivity index (χ4v) is 1.78. The van der Waals surface area contributed by atoms with E-state index in [1.165, 1.54) is 18.2 Å². The molecule has 5 nitrogen and oxygen atoms in total. The van der Waals surface area contributed by atoms with Crippen molar-refractivity contribution < 1.29 is 13.9 Å². The molecule has 0 saturated carbocycles. The van der Waals surface area contributed by atoms with Crippen LogP contribution in [-0.2, 0) is 11.3 Å². The second kappa shape index (κ2) is 8.03. The second-order valence-corrected chi connectivity index (χ2v) is 5.04. The Morgan fingerprint density at radius 3 is 2.65 bits per heavy atom. The lowest BCUT2D eigenvalue weighted by atomic mass is 10.2. The van der Waals surface area contributed by atoms with Crippen LogP contribution in [-0.4, -0.2) is 23.0 Å². The summed E-state index contributed by atoms with van der Waals surface area (Å²) in [5.41, 5.74) is 0.669. The van der Waals surface area contributed by atoms with Crippen LogP contribution >= 0.6 is 0 Å². The number of rotatable bonds is 4. The molecular weight excluding hydrogens is 297 g/mol. The van der Waals surface area contributed by atoms with E-state index >= 15 is 0 Å². The highest BCUT2D eigenvalue weighted by atomic mass is 19.1. The summed E-state index contributed by atoms with van der Waals surface area (Å²) in [6.07, 6.45) is 1.48. The van der Waals surface area contributed by atoms with E-state index in [2.05, 4.69) is 15.3 Å². The predicted octanol–water partition coefficient (Wildman–Crippen LogP) is 2.93. The molecule has 1 aromatic carbocycles. The Balaban J connectivity index is 2.12. The third-order valence-electron chi connectivity index (χ3n) is 2.80. The molecule has 0 aliphatic rings. The molecule has 0 unspecified atom stereocenters. The van der Waals surface area contributed by atoms with Gasteiger partial charge in [-0.25, -0.2) is 9.38 Å². The topological polar surface area (TPSA) is 63.6 Å². The number of amides is 1. The fourth-order valence-electron chi connectivity index (χ4n) is 1.78. The molecule has 1 amide bonds. The van der Waals surface area contributed by atoms with E-state index in [1.54, 1.807) is 18.3 Å². The van der Waals surface area contributed by atoms with Crippen molar-refractivity contribution >= 4 is 11.9 Å². The Kier molecular flexibility index (Phi) is 5.80. The molecule has 23 heavy (non-hydrogen) atoms. The zero-order chi connectivity index (χ0) is 16.7. The molecule has 2 aromatic rings. The van der Waals surface area contributed by atoms with Gasteiger partial charge in [-0.05, 0) is 38.1 Å². The smallest absolute Gasteiger partial charge is 0.292 e. The number of hydrogen-bond donors (Lipinski definition) is 1. The number of halogens is 1. The van der Waals surface area contributed by atoms with Gasteiger partial charge in [0.1, 0.15) is 5.82 Å². The average Bonchev–Trinajstić information content (AvgIpc) is 2.53. The minimum absolute atomic E-state index is 0.0407. The third kappa shape index (κ3) is 5.18. The maximum atomic E-state index is 13.7. The molecule has 1 aromatic heterocycles. The fraction of sp³-hybridized carbons (Fsp3) is 0.235. The van der Waals surface area contributed by atoms with Gasteiger partial charge in [0.25, 0.3) is 11.9 Å². The molecule has 120 valence electrons. The first-order valence-corrected chi connectivity index (χ1v) is 7.23. The molecule has 0 saturated heterocycles. The number of carbonyl (C=O) groups excluding carboxylic acids is 1. The van der Waals surface area contributed by atoms with Gasteiger partial charge in [-0.3, -0.25) is 15.1 Å². The lowest BCUT2D eigenvalue weighted by Crippen LogP contribution is -2.34. The molecule has 0 radical (unpaired) electrons. The van der Waals surface area contributed by atoms with Crippen molar-refractivity contribution in [3.8, 4) is 0 Å². The van der Waals surface area contributed by atoms with E-state index in [0.29, 0.717) is 0 Å². The normalized spacial score (nSPS) is 11.4. The highest BCUT2D eigenvalue weighted by molar-refractivity contribution is 6.04. The van der Waals surface area contributed by atoms with Crippen LogP contribution < -0.4 is 5.32 Å². The summed E-state index contributed by atoms with van der Waals surface area (Å²) in [5, 5.41) is 2.50. The Bertz CT molecular complexity index is 687. The van der Waals surface area contributed by atoms with Gasteiger partial charge in [0, 0.05) is 6.20 Å². The van der Waals surface area contributed by atoms with Crippen LogP contribution in [0.3, 0.4) is 0 Å². The maximum Gasteiger partial charge on any atom is 0.292 e. The quantitative estimate of drug-likeness (QED) is 0.697. The van der Waals surface area contributed by atoms with Crippen LogP contribution in [0.1, 0.15) is 29.9 Å². The molecule has 1 heterocycles. The first kappa shape index (κ1) is 16.6. The number of benzene rings is 1. The molecule has 0 fully saturated rings. The van der Waals surface area contributed by atoms with Gasteiger partial charge < -0.3 is 4.74 Å². The van der Waals surface area contributed by atoms with Gasteiger partial charge in [-0.1, -0.05) is 18.2 Å². The van der Waals surface area contributed by atoms with E-state index < -0.39 is 11.7 Å². The third-order valence-corrected chi connectivity index (χ3v) is 2.80. The molecule has 0 aliphatic heterocycles. The van der Waals surface area contributed by atoms with Gasteiger partial charge in [0.2, 0.25) is 0 Å². The molecule has 0 aliphatic carbocycles. The number of nitrogens with zero attached hydrogens (tertiary/aromatic N) is 2. The monoisotopic (exact) mass is 315 g/mol. The Hall–Kier alpha value is -2.76. The number of nitrogens with one attached hydrogen (secondary N) is 1. The zero-order valence-corrected chi connectivity index (χ0v) is 13.0. The molecule has 0 spiro atoms. The average molecular weight is 315 g/mol. The standard InChI is InChI=1S/C17H18FN3O2/c1-12(2)23-17(20-11-13-7-5-6-10-19-13)21-16(22)14-8-3-4-9-15(14)18/h3-10,12H,11H2,1-2H3,(H,20,21,22).